The van der Waals surface area contributed by atoms with Crippen molar-refractivity contribution >= 4 is 17.9 Å². The fraction of sp³-hybridized carbons (Fsp3) is 0.250. The van der Waals surface area contributed by atoms with Crippen LogP contribution in [-0.2, 0) is 15.3 Å². The average Bonchev–Trinajstić information content (AvgIpc) is 2.82. The Morgan fingerprint density at radius 2 is 2.06 bits per heavy atom. The van der Waals surface area contributed by atoms with Gasteiger partial charge in [-0.15, -0.1) is 5.10 Å². The van der Waals surface area contributed by atoms with Crippen LogP contribution in [-0.4, -0.2) is 21.6 Å². The molecule has 0 saturated carbocycles. The lowest BCUT2D eigenvalue weighted by Gasteiger charge is -2.04. The number of hydrogen-bond donors (Lipinski definition) is 1. The minimum absolute atomic E-state index is 0.250. The fourth-order valence-electron chi connectivity index (χ4n) is 1.42. The summed E-state index contributed by atoms with van der Waals surface area (Å²) in [5, 5.41) is 11.3. The number of aromatic nitrogens is 3. The van der Waals surface area contributed by atoms with Gasteiger partial charge in [0.05, 0.1) is 6.20 Å². The Kier molecular flexibility index (Phi) is 5.84. The van der Waals surface area contributed by atoms with Crippen LogP contribution in [0.3, 0.4) is 0 Å². The molecule has 0 bridgehead atoms. The highest BCUT2D eigenvalue weighted by molar-refractivity contribution is 7.98. The predicted molar refractivity (Wildman–Crippen MR) is 66.9 cm³/mol. The molecule has 0 atom stereocenters. The summed E-state index contributed by atoms with van der Waals surface area (Å²) in [5.74, 6) is 0.943. The molecule has 1 aromatic heterocycles. The van der Waals surface area contributed by atoms with Gasteiger partial charge in [0.15, 0.2) is 0 Å². The number of H-pyrrole nitrogens is 1. The zero-order chi connectivity index (χ0) is 13.4. The van der Waals surface area contributed by atoms with Crippen molar-refractivity contribution in [2.24, 2.45) is 0 Å². The molecule has 18 heavy (non-hydrogen) atoms. The lowest BCUT2D eigenvalue weighted by molar-refractivity contribution is -0.191. The van der Waals surface area contributed by atoms with Gasteiger partial charge in [-0.2, -0.15) is 19.9 Å². The second-order valence-corrected chi connectivity index (χ2v) is 4.61. The van der Waals surface area contributed by atoms with Gasteiger partial charge in [-0.25, -0.2) is 0 Å². The number of nitrogens with zero attached hydrogens (tertiary/aromatic N) is 2. The molecule has 0 radical (unpaired) electrons. The van der Waals surface area contributed by atoms with Crippen LogP contribution in [0.1, 0.15) is 16.7 Å². The molecule has 0 aliphatic rings. The van der Waals surface area contributed by atoms with Gasteiger partial charge in [0.25, 0.3) is 0 Å². The largest absolute Gasteiger partial charge is 0.373 e. The maximum atomic E-state index is 8.12. The Bertz CT molecular complexity index is 520. The number of rotatable bonds is 3. The van der Waals surface area contributed by atoms with Crippen LogP contribution in [0.5, 0.6) is 0 Å². The van der Waals surface area contributed by atoms with Crippen LogP contribution < -0.4 is 0 Å². The third-order valence-corrected chi connectivity index (χ3v) is 3.21. The topological polar surface area (TPSA) is 75.7 Å². The molecule has 0 saturated heterocycles. The van der Waals surface area contributed by atoms with Crippen molar-refractivity contribution in [1.82, 2.24) is 15.4 Å². The summed E-state index contributed by atoms with van der Waals surface area (Å²) in [4.78, 5) is 16.2. The van der Waals surface area contributed by atoms with Crippen LogP contribution in [0.25, 0.3) is 0 Å². The van der Waals surface area contributed by atoms with Crippen molar-refractivity contribution in [2.75, 3.05) is 0 Å². The van der Waals surface area contributed by atoms with Gasteiger partial charge in [-0.3, -0.25) is 0 Å². The number of benzene rings is 1. The van der Waals surface area contributed by atoms with E-state index in [1.54, 1.807) is 18.0 Å². The molecule has 0 unspecified atom stereocenters. The van der Waals surface area contributed by atoms with E-state index in [0.717, 1.165) is 10.8 Å². The van der Waals surface area contributed by atoms with Crippen LogP contribution >= 0.6 is 11.8 Å². The highest BCUT2D eigenvalue weighted by Gasteiger charge is 2.01. The smallest absolute Gasteiger partial charge is 0.197 e. The first kappa shape index (κ1) is 14.2. The zero-order valence-electron chi connectivity index (χ0n) is 10.1. The quantitative estimate of drug-likeness (QED) is 0.858. The molecule has 0 fully saturated rings. The molecule has 0 aliphatic heterocycles. The first-order valence-corrected chi connectivity index (χ1v) is 6.20. The molecule has 94 valence electrons. The number of aryl methyl sites for hydroxylation is 2. The lowest BCUT2D eigenvalue weighted by Crippen LogP contribution is -1.87. The maximum Gasteiger partial charge on any atom is 0.373 e. The van der Waals surface area contributed by atoms with E-state index in [1.165, 1.54) is 16.7 Å². The van der Waals surface area contributed by atoms with Crippen molar-refractivity contribution in [3.63, 3.8) is 0 Å². The second kappa shape index (κ2) is 7.42. The fourth-order valence-corrected chi connectivity index (χ4v) is 2.28. The van der Waals surface area contributed by atoms with Gasteiger partial charge in [0, 0.05) is 5.75 Å². The van der Waals surface area contributed by atoms with Gasteiger partial charge in [-0.05, 0) is 25.0 Å². The van der Waals surface area contributed by atoms with Gasteiger partial charge >= 0.3 is 6.15 Å². The molecular weight excluding hydrogens is 250 g/mol. The molecule has 0 aliphatic carbocycles. The summed E-state index contributed by atoms with van der Waals surface area (Å²) in [5.41, 5.74) is 4.00. The highest BCUT2D eigenvalue weighted by Crippen LogP contribution is 2.22. The van der Waals surface area contributed by atoms with Crippen LogP contribution in [0.15, 0.2) is 29.4 Å². The normalized spacial score (nSPS) is 9.22. The van der Waals surface area contributed by atoms with E-state index in [1.807, 2.05) is 0 Å². The summed E-state index contributed by atoms with van der Waals surface area (Å²) in [6.07, 6.45) is 1.99. The monoisotopic (exact) mass is 263 g/mol. The first-order valence-electron chi connectivity index (χ1n) is 5.21. The highest BCUT2D eigenvalue weighted by atomic mass is 32.2. The van der Waals surface area contributed by atoms with E-state index in [4.69, 9.17) is 9.59 Å². The molecule has 5 nitrogen and oxygen atoms in total. The Hall–Kier alpha value is -1.91. The first-order chi connectivity index (χ1) is 8.67. The van der Waals surface area contributed by atoms with E-state index in [-0.39, 0.29) is 6.15 Å². The Balaban J connectivity index is 0.000000492. The van der Waals surface area contributed by atoms with E-state index in [2.05, 4.69) is 47.5 Å². The van der Waals surface area contributed by atoms with E-state index >= 15 is 0 Å². The Labute approximate surface area is 109 Å². The molecule has 0 spiro atoms. The maximum absolute atomic E-state index is 8.12. The van der Waals surface area contributed by atoms with Crippen molar-refractivity contribution in [3.8, 4) is 0 Å². The van der Waals surface area contributed by atoms with Crippen LogP contribution in [0, 0.1) is 13.8 Å². The molecular formula is C12H13N3O2S. The Morgan fingerprint density at radius 3 is 2.61 bits per heavy atom. The molecule has 0 amide bonds. The molecule has 1 heterocycles. The summed E-state index contributed by atoms with van der Waals surface area (Å²) < 4.78 is 0. The van der Waals surface area contributed by atoms with Gasteiger partial charge in [-0.1, -0.05) is 35.5 Å². The lowest BCUT2D eigenvalue weighted by atomic mass is 10.1. The van der Waals surface area contributed by atoms with Crippen molar-refractivity contribution in [2.45, 2.75) is 24.6 Å². The number of aromatic amines is 1. The number of nitrogens with one attached hydrogen (secondary N) is 1. The predicted octanol–water partition coefficient (Wildman–Crippen LogP) is 2.13. The standard InChI is InChI=1S/C11H13N3S.CO2/c1-8-3-4-10(9(2)5-8)7-15-11-6-12-14-13-11;2-1-3/h3-6H,7H2,1-2H3,(H,12,13,14);. The SMILES string of the molecule is Cc1ccc(CSc2cn[nH]n2)c(C)c1.O=C=O. The second-order valence-electron chi connectivity index (χ2n) is 3.61. The summed E-state index contributed by atoms with van der Waals surface area (Å²) in [6.45, 7) is 4.26. The summed E-state index contributed by atoms with van der Waals surface area (Å²) >= 11 is 1.70. The molecule has 6 heteroatoms. The Morgan fingerprint density at radius 1 is 1.33 bits per heavy atom. The number of hydrogen-bond acceptors (Lipinski definition) is 5. The van der Waals surface area contributed by atoms with E-state index in [9.17, 15) is 0 Å². The zero-order valence-corrected chi connectivity index (χ0v) is 11.0. The van der Waals surface area contributed by atoms with Gasteiger partial charge in [0.2, 0.25) is 0 Å². The van der Waals surface area contributed by atoms with E-state index in [0.29, 0.717) is 0 Å². The summed E-state index contributed by atoms with van der Waals surface area (Å²) in [6, 6.07) is 6.53. The minimum Gasteiger partial charge on any atom is -0.197 e. The van der Waals surface area contributed by atoms with Crippen molar-refractivity contribution in [3.05, 3.63) is 41.1 Å². The van der Waals surface area contributed by atoms with Gasteiger partial charge < -0.3 is 0 Å². The molecule has 1 N–H and O–H groups in total. The van der Waals surface area contributed by atoms with E-state index < -0.39 is 0 Å². The third-order valence-electron chi connectivity index (χ3n) is 2.27. The molecule has 1 aromatic carbocycles. The average molecular weight is 263 g/mol. The summed E-state index contributed by atoms with van der Waals surface area (Å²) in [7, 11) is 0. The van der Waals surface area contributed by atoms with Crippen LogP contribution in [0.4, 0.5) is 0 Å². The van der Waals surface area contributed by atoms with Gasteiger partial charge in [0.1, 0.15) is 5.03 Å². The third kappa shape index (κ3) is 4.53. The number of thioether (sulfide) groups is 1. The van der Waals surface area contributed by atoms with Crippen LogP contribution in [0.2, 0.25) is 0 Å². The molecule has 2 rings (SSSR count). The van der Waals surface area contributed by atoms with Crippen molar-refractivity contribution in [1.29, 1.82) is 0 Å². The number of carbonyl (C=O) groups excluding carboxylic acids is 2. The molecule has 2 aromatic rings. The van der Waals surface area contributed by atoms with Crippen molar-refractivity contribution < 1.29 is 9.59 Å². The minimum atomic E-state index is 0.250.